The summed E-state index contributed by atoms with van der Waals surface area (Å²) in [5.41, 5.74) is 4.11. The van der Waals surface area contributed by atoms with Crippen molar-refractivity contribution in [1.82, 2.24) is 0 Å². The normalized spacial score (nSPS) is 41.9. The summed E-state index contributed by atoms with van der Waals surface area (Å²) < 4.78 is 26.6. The van der Waals surface area contributed by atoms with E-state index in [-0.39, 0.29) is 30.0 Å². The first-order valence-electron chi connectivity index (χ1n) is 13.1. The lowest BCUT2D eigenvalue weighted by molar-refractivity contribution is -0.299. The van der Waals surface area contributed by atoms with Crippen molar-refractivity contribution in [3.8, 4) is 0 Å². The van der Waals surface area contributed by atoms with Crippen LogP contribution in [-0.4, -0.2) is 169 Å². The second-order valence-corrected chi connectivity index (χ2v) is 10.5. The van der Waals surface area contributed by atoms with Crippen molar-refractivity contribution in [2.24, 2.45) is 10.7 Å². The maximum absolute atomic E-state index is 12.2. The summed E-state index contributed by atoms with van der Waals surface area (Å²) >= 11 is 0. The van der Waals surface area contributed by atoms with Crippen LogP contribution >= 0.6 is 0 Å². The van der Waals surface area contributed by atoms with Gasteiger partial charge in [0.25, 0.3) is 0 Å². The minimum absolute atomic E-state index is 0.0289. The molecule has 1 aliphatic carbocycles. The number of carbonyl (C=O) groups is 1. The number of hydrogen-bond acceptors (Lipinski definition) is 17. The zero-order valence-corrected chi connectivity index (χ0v) is 22.9. The highest BCUT2D eigenvalue weighted by Gasteiger charge is 2.48. The molecule has 2 fully saturated rings. The predicted octanol–water partition coefficient (Wildman–Crippen LogP) is -5.76. The van der Waals surface area contributed by atoms with Gasteiger partial charge < -0.3 is 80.5 Å². The number of rotatable bonds is 11. The molecule has 0 bridgehead atoms. The van der Waals surface area contributed by atoms with Gasteiger partial charge in [-0.1, -0.05) is 0 Å². The Morgan fingerprint density at radius 1 is 0.976 bits per heavy atom. The van der Waals surface area contributed by atoms with Gasteiger partial charge in [-0.15, -0.1) is 0 Å². The van der Waals surface area contributed by atoms with Gasteiger partial charge in [-0.05, 0) is 6.92 Å². The van der Waals surface area contributed by atoms with Gasteiger partial charge >= 0.3 is 5.97 Å². The van der Waals surface area contributed by atoms with Gasteiger partial charge in [-0.25, -0.2) is 4.79 Å². The third-order valence-corrected chi connectivity index (χ3v) is 7.36. The predicted molar refractivity (Wildman–Crippen MR) is 135 cm³/mol. The van der Waals surface area contributed by atoms with Crippen LogP contribution in [0.4, 0.5) is 0 Å². The monoisotopic (exact) mass is 612 g/mol. The standard InChI is InChI=1S/C24H40N2O16/c1-8(40-20-12(6-28)42-23(36)17(32)15(20)30)13(21(33)34)26-10-4-24(37,3-9(25)18(10)38-2)7-39-19-11(5-27)41-22(35)16(31)14(19)29/h8,11-17,19-20,22-23,27-32,35-37H,3-7,25H2,1-2H3,(H,33,34)/t8-,11+,12+,13+,14-,15-,16+,17-,19-,20+,22-,23-,24-/m1/s1. The highest BCUT2D eigenvalue weighted by molar-refractivity contribution is 6.01. The summed E-state index contributed by atoms with van der Waals surface area (Å²) in [5.74, 6) is -1.53. The van der Waals surface area contributed by atoms with Gasteiger partial charge in [0.15, 0.2) is 24.4 Å². The van der Waals surface area contributed by atoms with Crippen LogP contribution in [0.5, 0.6) is 0 Å². The number of hydrogen-bond donors (Lipinski definition) is 11. The fourth-order valence-electron chi connectivity index (χ4n) is 5.14. The molecule has 12 N–H and O–H groups in total. The molecular weight excluding hydrogens is 572 g/mol. The number of ether oxygens (including phenoxy) is 5. The zero-order valence-electron chi connectivity index (χ0n) is 22.9. The topological polar surface area (TPSA) is 304 Å². The smallest absolute Gasteiger partial charge is 0.331 e. The molecule has 0 aromatic heterocycles. The first-order valence-corrected chi connectivity index (χ1v) is 13.1. The van der Waals surface area contributed by atoms with E-state index in [1.165, 1.54) is 14.0 Å². The second-order valence-electron chi connectivity index (χ2n) is 10.5. The number of allylic oxidation sites excluding steroid dienone is 1. The van der Waals surface area contributed by atoms with E-state index in [1.807, 2.05) is 0 Å². The van der Waals surface area contributed by atoms with Crippen LogP contribution < -0.4 is 5.73 Å². The van der Waals surface area contributed by atoms with Crippen molar-refractivity contribution in [2.75, 3.05) is 26.9 Å². The highest BCUT2D eigenvalue weighted by atomic mass is 16.7. The molecule has 2 aliphatic heterocycles. The molecule has 3 rings (SSSR count). The summed E-state index contributed by atoms with van der Waals surface area (Å²) in [5, 5.41) is 100. The number of carboxylic acids is 1. The fourth-order valence-corrected chi connectivity index (χ4v) is 5.14. The summed E-state index contributed by atoms with van der Waals surface area (Å²) in [4.78, 5) is 16.4. The molecule has 0 amide bonds. The Morgan fingerprint density at radius 2 is 1.50 bits per heavy atom. The maximum Gasteiger partial charge on any atom is 0.331 e. The molecular formula is C24H40N2O16. The van der Waals surface area contributed by atoms with Crippen LogP contribution in [0.2, 0.25) is 0 Å². The first kappa shape index (κ1) is 34.5. The maximum atomic E-state index is 12.2. The number of aliphatic imine (C=N–C) groups is 1. The number of aliphatic hydroxyl groups excluding tert-OH is 8. The minimum atomic E-state index is -1.85. The molecule has 0 aromatic rings. The molecule has 0 aromatic carbocycles. The van der Waals surface area contributed by atoms with E-state index in [2.05, 4.69) is 4.99 Å². The Kier molecular flexibility index (Phi) is 11.6. The SMILES string of the molecule is COC1=C(N)C[C@](O)(CO[C@H]2[C@H](O)[C@H](O)[C@H](O)O[C@H]2CO)CC1=N[C@H](C(=O)O)[C@@H](C)O[C@@H]1[C@H](O)[C@@H](O)[C@H](O)O[C@H]1CO. The molecule has 0 unspecified atom stereocenters. The number of aliphatic carboxylic acids is 1. The van der Waals surface area contributed by atoms with Crippen molar-refractivity contribution < 1.29 is 79.5 Å². The number of nitrogens with two attached hydrogens (primary N) is 1. The Bertz CT molecular complexity index is 994. The van der Waals surface area contributed by atoms with E-state index in [1.54, 1.807) is 0 Å². The Morgan fingerprint density at radius 3 is 2.00 bits per heavy atom. The van der Waals surface area contributed by atoms with Crippen LogP contribution in [-0.2, 0) is 28.5 Å². The molecule has 2 heterocycles. The fraction of sp³-hybridized carbons (Fsp3) is 0.833. The third-order valence-electron chi connectivity index (χ3n) is 7.36. The molecule has 3 aliphatic rings. The summed E-state index contributed by atoms with van der Waals surface area (Å²) in [7, 11) is 1.25. The lowest BCUT2D eigenvalue weighted by Gasteiger charge is -2.42. The average Bonchev–Trinajstić information content (AvgIpc) is 2.93. The second kappa shape index (κ2) is 14.2. The van der Waals surface area contributed by atoms with Gasteiger partial charge in [0, 0.05) is 12.8 Å². The molecule has 18 nitrogen and oxygen atoms in total. The van der Waals surface area contributed by atoms with Crippen LogP contribution in [0, 0.1) is 0 Å². The highest BCUT2D eigenvalue weighted by Crippen LogP contribution is 2.33. The lowest BCUT2D eigenvalue weighted by Crippen LogP contribution is -2.60. The van der Waals surface area contributed by atoms with Crippen molar-refractivity contribution in [1.29, 1.82) is 0 Å². The average molecular weight is 613 g/mol. The Labute approximate surface area is 239 Å². The van der Waals surface area contributed by atoms with Crippen LogP contribution in [0.15, 0.2) is 16.4 Å². The molecule has 42 heavy (non-hydrogen) atoms. The van der Waals surface area contributed by atoms with Crippen molar-refractivity contribution in [3.05, 3.63) is 11.5 Å². The van der Waals surface area contributed by atoms with Crippen molar-refractivity contribution >= 4 is 11.7 Å². The summed E-state index contributed by atoms with van der Waals surface area (Å²) in [6.07, 6.45) is -18.0. The van der Waals surface area contributed by atoms with Gasteiger partial charge in [-0.2, -0.15) is 0 Å². The quantitative estimate of drug-likeness (QED) is 0.103. The Hall–Kier alpha value is -2.04. The molecule has 18 heteroatoms. The molecule has 0 radical (unpaired) electrons. The molecule has 0 saturated carbocycles. The third kappa shape index (κ3) is 7.36. The number of methoxy groups -OCH3 is 1. The molecule has 0 spiro atoms. The van der Waals surface area contributed by atoms with E-state index in [0.717, 1.165) is 0 Å². The van der Waals surface area contributed by atoms with E-state index in [9.17, 15) is 55.9 Å². The largest absolute Gasteiger partial charge is 0.493 e. The number of nitrogens with zero attached hydrogens (tertiary/aromatic N) is 1. The van der Waals surface area contributed by atoms with Gasteiger partial charge in [0.05, 0.1) is 50.0 Å². The van der Waals surface area contributed by atoms with Gasteiger partial charge in [0.2, 0.25) is 0 Å². The van der Waals surface area contributed by atoms with E-state index in [0.29, 0.717) is 0 Å². The van der Waals surface area contributed by atoms with E-state index < -0.39 is 105 Å². The van der Waals surface area contributed by atoms with Crippen molar-refractivity contribution in [3.63, 3.8) is 0 Å². The Balaban J connectivity index is 1.83. The van der Waals surface area contributed by atoms with E-state index in [4.69, 9.17) is 29.4 Å². The summed E-state index contributed by atoms with van der Waals surface area (Å²) in [6.45, 7) is -0.711. The summed E-state index contributed by atoms with van der Waals surface area (Å²) in [6, 6.07) is -1.71. The van der Waals surface area contributed by atoms with Gasteiger partial charge in [0.1, 0.15) is 48.8 Å². The van der Waals surface area contributed by atoms with E-state index >= 15 is 0 Å². The van der Waals surface area contributed by atoms with Crippen LogP contribution in [0.25, 0.3) is 0 Å². The number of carboxylic acid groups (broad SMARTS) is 1. The molecule has 2 saturated heterocycles. The first-order chi connectivity index (χ1) is 19.7. The number of aliphatic hydroxyl groups is 9. The molecule has 13 atom stereocenters. The van der Waals surface area contributed by atoms with Crippen LogP contribution in [0.1, 0.15) is 19.8 Å². The van der Waals surface area contributed by atoms with Crippen LogP contribution in [0.3, 0.4) is 0 Å². The lowest BCUT2D eigenvalue weighted by atomic mass is 9.85. The minimum Gasteiger partial charge on any atom is -0.493 e. The molecule has 242 valence electrons. The zero-order chi connectivity index (χ0) is 31.5. The van der Waals surface area contributed by atoms with Crippen molar-refractivity contribution in [2.45, 2.75) is 98.9 Å². The van der Waals surface area contributed by atoms with Gasteiger partial charge in [-0.3, -0.25) is 4.99 Å².